The molecule has 0 heterocycles. The van der Waals surface area contributed by atoms with Gasteiger partial charge in [-0.3, -0.25) is 4.79 Å². The Balaban J connectivity index is 2.00. The van der Waals surface area contributed by atoms with Crippen molar-refractivity contribution >= 4 is 11.6 Å². The van der Waals surface area contributed by atoms with E-state index in [0.717, 1.165) is 37.9 Å². The Kier molecular flexibility index (Phi) is 4.78. The topological polar surface area (TPSA) is 58.4 Å². The summed E-state index contributed by atoms with van der Waals surface area (Å²) < 4.78 is 0. The lowest BCUT2D eigenvalue weighted by Gasteiger charge is -2.25. The fourth-order valence-corrected chi connectivity index (χ4v) is 2.90. The SMILES string of the molecule is CN(C)Cc1ccc(NC(=O)C2(CN)CCCC2)cc1. The van der Waals surface area contributed by atoms with Crippen LogP contribution in [0.15, 0.2) is 24.3 Å². The molecule has 1 aliphatic rings. The number of hydrogen-bond acceptors (Lipinski definition) is 3. The van der Waals surface area contributed by atoms with Crippen LogP contribution in [0, 0.1) is 5.41 Å². The predicted molar refractivity (Wildman–Crippen MR) is 82.4 cm³/mol. The average Bonchev–Trinajstić information content (AvgIpc) is 2.90. The molecule has 1 aliphatic carbocycles. The molecule has 4 heteroatoms. The fraction of sp³-hybridized carbons (Fsp3) is 0.562. The minimum atomic E-state index is -0.345. The van der Waals surface area contributed by atoms with Gasteiger partial charge in [0.05, 0.1) is 5.41 Å². The van der Waals surface area contributed by atoms with E-state index in [1.54, 1.807) is 0 Å². The van der Waals surface area contributed by atoms with Crippen LogP contribution in [0.3, 0.4) is 0 Å². The number of benzene rings is 1. The molecule has 1 aromatic carbocycles. The highest BCUT2D eigenvalue weighted by Crippen LogP contribution is 2.38. The van der Waals surface area contributed by atoms with Crippen LogP contribution in [-0.2, 0) is 11.3 Å². The maximum Gasteiger partial charge on any atom is 0.231 e. The second kappa shape index (κ2) is 6.37. The van der Waals surface area contributed by atoms with Crippen LogP contribution in [0.1, 0.15) is 31.2 Å². The van der Waals surface area contributed by atoms with Crippen molar-refractivity contribution in [3.8, 4) is 0 Å². The van der Waals surface area contributed by atoms with Gasteiger partial charge >= 0.3 is 0 Å². The van der Waals surface area contributed by atoms with Gasteiger partial charge in [-0.1, -0.05) is 25.0 Å². The van der Waals surface area contributed by atoms with Crippen LogP contribution in [0.5, 0.6) is 0 Å². The van der Waals surface area contributed by atoms with Gasteiger partial charge in [0.2, 0.25) is 5.91 Å². The highest BCUT2D eigenvalue weighted by atomic mass is 16.2. The fourth-order valence-electron chi connectivity index (χ4n) is 2.90. The molecule has 0 bridgehead atoms. The van der Waals surface area contributed by atoms with E-state index in [1.807, 2.05) is 26.2 Å². The minimum absolute atomic E-state index is 0.0814. The number of carbonyl (C=O) groups excluding carboxylic acids is 1. The summed E-state index contributed by atoms with van der Waals surface area (Å²) in [5, 5.41) is 3.02. The molecular weight excluding hydrogens is 250 g/mol. The van der Waals surface area contributed by atoms with E-state index in [9.17, 15) is 4.79 Å². The number of hydrogen-bond donors (Lipinski definition) is 2. The Morgan fingerprint density at radius 2 is 1.85 bits per heavy atom. The standard InChI is InChI=1S/C16H25N3O/c1-19(2)11-13-5-7-14(8-6-13)18-15(20)16(12-17)9-3-4-10-16/h5-8H,3-4,9-12,17H2,1-2H3,(H,18,20). The van der Waals surface area contributed by atoms with E-state index in [-0.39, 0.29) is 11.3 Å². The summed E-state index contributed by atoms with van der Waals surface area (Å²) in [4.78, 5) is 14.6. The molecule has 0 aromatic heterocycles. The molecule has 3 N–H and O–H groups in total. The number of nitrogens with zero attached hydrogens (tertiary/aromatic N) is 1. The molecule has 2 rings (SSSR count). The lowest BCUT2D eigenvalue weighted by Crippen LogP contribution is -2.40. The van der Waals surface area contributed by atoms with Crippen molar-refractivity contribution in [3.63, 3.8) is 0 Å². The van der Waals surface area contributed by atoms with E-state index >= 15 is 0 Å². The van der Waals surface area contributed by atoms with Crippen molar-refractivity contribution in [3.05, 3.63) is 29.8 Å². The number of rotatable bonds is 5. The van der Waals surface area contributed by atoms with E-state index in [1.165, 1.54) is 5.56 Å². The van der Waals surface area contributed by atoms with Crippen LogP contribution in [0.2, 0.25) is 0 Å². The van der Waals surface area contributed by atoms with Gasteiger partial charge in [-0.25, -0.2) is 0 Å². The molecule has 0 saturated heterocycles. The smallest absolute Gasteiger partial charge is 0.231 e. The quantitative estimate of drug-likeness (QED) is 0.866. The maximum absolute atomic E-state index is 12.4. The highest BCUT2D eigenvalue weighted by molar-refractivity contribution is 5.95. The summed E-state index contributed by atoms with van der Waals surface area (Å²) >= 11 is 0. The molecule has 1 amide bonds. The molecule has 0 unspecified atom stereocenters. The summed E-state index contributed by atoms with van der Waals surface area (Å²) in [6, 6.07) is 8.05. The number of amides is 1. The lowest BCUT2D eigenvalue weighted by atomic mass is 9.85. The van der Waals surface area contributed by atoms with E-state index in [4.69, 9.17) is 5.73 Å². The number of carbonyl (C=O) groups is 1. The molecule has 4 nitrogen and oxygen atoms in total. The zero-order valence-corrected chi connectivity index (χ0v) is 12.5. The first-order chi connectivity index (χ1) is 9.55. The zero-order chi connectivity index (χ0) is 14.6. The van der Waals surface area contributed by atoms with Crippen molar-refractivity contribution in [2.24, 2.45) is 11.1 Å². The van der Waals surface area contributed by atoms with Gasteiger partial charge in [0.15, 0.2) is 0 Å². The van der Waals surface area contributed by atoms with Crippen LogP contribution < -0.4 is 11.1 Å². The van der Waals surface area contributed by atoms with E-state index < -0.39 is 0 Å². The Labute approximate surface area is 121 Å². The molecule has 1 aromatic rings. The molecule has 0 atom stereocenters. The third-order valence-electron chi connectivity index (χ3n) is 4.14. The summed E-state index contributed by atoms with van der Waals surface area (Å²) in [6.45, 7) is 1.35. The largest absolute Gasteiger partial charge is 0.329 e. The van der Waals surface area contributed by atoms with E-state index in [0.29, 0.717) is 6.54 Å². The van der Waals surface area contributed by atoms with Gasteiger partial charge in [-0.05, 0) is 44.6 Å². The van der Waals surface area contributed by atoms with Crippen molar-refractivity contribution in [2.45, 2.75) is 32.2 Å². The number of nitrogens with one attached hydrogen (secondary N) is 1. The maximum atomic E-state index is 12.4. The molecule has 0 aliphatic heterocycles. The summed E-state index contributed by atoms with van der Waals surface area (Å²) in [7, 11) is 4.08. The summed E-state index contributed by atoms with van der Waals surface area (Å²) in [5.74, 6) is 0.0814. The molecule has 110 valence electrons. The van der Waals surface area contributed by atoms with Gasteiger partial charge in [0.1, 0.15) is 0 Å². The molecule has 1 saturated carbocycles. The first kappa shape index (κ1) is 15.0. The zero-order valence-electron chi connectivity index (χ0n) is 12.5. The Morgan fingerprint density at radius 1 is 1.25 bits per heavy atom. The van der Waals surface area contributed by atoms with Crippen molar-refractivity contribution < 1.29 is 4.79 Å². The summed E-state index contributed by atoms with van der Waals surface area (Å²) in [6.07, 6.45) is 4.03. The average molecular weight is 275 g/mol. The van der Waals surface area contributed by atoms with Crippen molar-refractivity contribution in [1.29, 1.82) is 0 Å². The normalized spacial score (nSPS) is 17.4. The number of anilines is 1. The predicted octanol–water partition coefficient (Wildman–Crippen LogP) is 2.21. The summed E-state index contributed by atoms with van der Waals surface area (Å²) in [5.41, 5.74) is 7.59. The first-order valence-electron chi connectivity index (χ1n) is 7.31. The van der Waals surface area contributed by atoms with Gasteiger partial charge in [-0.2, -0.15) is 0 Å². The van der Waals surface area contributed by atoms with Crippen LogP contribution in [-0.4, -0.2) is 31.4 Å². The minimum Gasteiger partial charge on any atom is -0.329 e. The molecule has 0 radical (unpaired) electrons. The monoisotopic (exact) mass is 275 g/mol. The van der Waals surface area contributed by atoms with Crippen LogP contribution in [0.4, 0.5) is 5.69 Å². The second-order valence-electron chi connectivity index (χ2n) is 6.08. The highest BCUT2D eigenvalue weighted by Gasteiger charge is 2.39. The molecule has 0 spiro atoms. The Hall–Kier alpha value is -1.39. The van der Waals surface area contributed by atoms with E-state index in [2.05, 4.69) is 22.3 Å². The van der Waals surface area contributed by atoms with Crippen molar-refractivity contribution in [1.82, 2.24) is 4.90 Å². The first-order valence-corrected chi connectivity index (χ1v) is 7.31. The van der Waals surface area contributed by atoms with Gasteiger partial charge < -0.3 is 16.0 Å². The van der Waals surface area contributed by atoms with Gasteiger partial charge in [0, 0.05) is 18.8 Å². The van der Waals surface area contributed by atoms with Crippen molar-refractivity contribution in [2.75, 3.05) is 26.0 Å². The van der Waals surface area contributed by atoms with Crippen LogP contribution in [0.25, 0.3) is 0 Å². The Morgan fingerprint density at radius 3 is 2.35 bits per heavy atom. The lowest BCUT2D eigenvalue weighted by molar-refractivity contribution is -0.124. The molecule has 1 fully saturated rings. The van der Waals surface area contributed by atoms with Crippen LogP contribution >= 0.6 is 0 Å². The molecular formula is C16H25N3O. The molecule has 20 heavy (non-hydrogen) atoms. The number of nitrogens with two attached hydrogens (primary N) is 1. The van der Waals surface area contributed by atoms with Gasteiger partial charge in [-0.15, -0.1) is 0 Å². The third kappa shape index (κ3) is 3.38. The third-order valence-corrected chi connectivity index (χ3v) is 4.14. The Bertz CT molecular complexity index is 447. The second-order valence-corrected chi connectivity index (χ2v) is 6.08. The van der Waals surface area contributed by atoms with Gasteiger partial charge in [0.25, 0.3) is 0 Å².